The molecule has 0 aliphatic heterocycles. The van der Waals surface area contributed by atoms with Crippen molar-refractivity contribution in [3.8, 4) is 0 Å². The first-order chi connectivity index (χ1) is 6.15. The molecule has 0 heterocycles. The predicted octanol–water partition coefficient (Wildman–Crippen LogP) is 3.28. The Labute approximate surface area is 82.7 Å². The van der Waals surface area contributed by atoms with Gasteiger partial charge in [0.15, 0.2) is 0 Å². The lowest BCUT2D eigenvalue weighted by molar-refractivity contribution is 0.616. The quantitative estimate of drug-likeness (QED) is 0.798. The zero-order chi connectivity index (χ0) is 9.84. The molecule has 1 unspecified atom stereocenters. The lowest BCUT2D eigenvalue weighted by atomic mass is 10.0. The van der Waals surface area contributed by atoms with E-state index >= 15 is 0 Å². The van der Waals surface area contributed by atoms with Gasteiger partial charge in [0.1, 0.15) is 5.82 Å². The van der Waals surface area contributed by atoms with Crippen molar-refractivity contribution in [1.29, 1.82) is 0 Å². The van der Waals surface area contributed by atoms with Gasteiger partial charge >= 0.3 is 0 Å². The van der Waals surface area contributed by atoms with Crippen LogP contribution in [0.15, 0.2) is 18.2 Å². The molecule has 1 aromatic carbocycles. The molecular weight excluding hydrogens is 189 g/mol. The maximum atomic E-state index is 12.7. The summed E-state index contributed by atoms with van der Waals surface area (Å²) in [6.07, 6.45) is 1.86. The Kier molecular flexibility index (Phi) is 3.70. The van der Waals surface area contributed by atoms with Gasteiger partial charge in [-0.25, -0.2) is 4.39 Å². The summed E-state index contributed by atoms with van der Waals surface area (Å²) in [7, 11) is 0. The monoisotopic (exact) mass is 201 g/mol. The molecular formula is C10H13ClFN. The van der Waals surface area contributed by atoms with E-state index in [1.165, 1.54) is 12.1 Å². The van der Waals surface area contributed by atoms with Crippen molar-refractivity contribution in [3.05, 3.63) is 34.6 Å². The van der Waals surface area contributed by atoms with E-state index in [0.717, 1.165) is 18.4 Å². The van der Waals surface area contributed by atoms with Crippen LogP contribution in [-0.4, -0.2) is 0 Å². The first-order valence-corrected chi connectivity index (χ1v) is 4.73. The van der Waals surface area contributed by atoms with Crippen LogP contribution in [-0.2, 0) is 0 Å². The molecule has 0 spiro atoms. The first kappa shape index (κ1) is 10.5. The predicted molar refractivity (Wildman–Crippen MR) is 53.2 cm³/mol. The second-order valence-electron chi connectivity index (χ2n) is 3.06. The van der Waals surface area contributed by atoms with E-state index in [1.807, 2.05) is 0 Å². The van der Waals surface area contributed by atoms with Crippen LogP contribution >= 0.6 is 11.6 Å². The van der Waals surface area contributed by atoms with E-state index in [4.69, 9.17) is 17.3 Å². The first-order valence-electron chi connectivity index (χ1n) is 4.35. The van der Waals surface area contributed by atoms with Crippen molar-refractivity contribution in [1.82, 2.24) is 0 Å². The summed E-state index contributed by atoms with van der Waals surface area (Å²) in [4.78, 5) is 0. The maximum absolute atomic E-state index is 12.7. The molecule has 0 aromatic heterocycles. The molecule has 2 N–H and O–H groups in total. The molecule has 0 aliphatic rings. The van der Waals surface area contributed by atoms with Gasteiger partial charge in [-0.2, -0.15) is 0 Å². The van der Waals surface area contributed by atoms with Gasteiger partial charge in [-0.3, -0.25) is 0 Å². The van der Waals surface area contributed by atoms with Crippen LogP contribution in [0.5, 0.6) is 0 Å². The Morgan fingerprint density at radius 3 is 2.77 bits per heavy atom. The summed E-state index contributed by atoms with van der Waals surface area (Å²) in [6, 6.07) is 4.25. The molecule has 0 bridgehead atoms. The van der Waals surface area contributed by atoms with Crippen molar-refractivity contribution in [2.75, 3.05) is 0 Å². The molecule has 3 heteroatoms. The average Bonchev–Trinajstić information content (AvgIpc) is 2.04. The molecule has 0 saturated heterocycles. The van der Waals surface area contributed by atoms with Crippen molar-refractivity contribution in [2.24, 2.45) is 5.73 Å². The van der Waals surface area contributed by atoms with Crippen LogP contribution in [0.25, 0.3) is 0 Å². The fraction of sp³-hybridized carbons (Fsp3) is 0.400. The molecule has 13 heavy (non-hydrogen) atoms. The van der Waals surface area contributed by atoms with Crippen LogP contribution in [0.4, 0.5) is 4.39 Å². The van der Waals surface area contributed by atoms with Crippen LogP contribution in [0.1, 0.15) is 31.4 Å². The minimum atomic E-state index is -0.322. The van der Waals surface area contributed by atoms with Gasteiger partial charge in [0, 0.05) is 11.1 Å². The smallest absolute Gasteiger partial charge is 0.124 e. The Hall–Kier alpha value is -0.600. The zero-order valence-corrected chi connectivity index (χ0v) is 8.31. The van der Waals surface area contributed by atoms with Gasteiger partial charge < -0.3 is 5.73 Å². The van der Waals surface area contributed by atoms with Crippen LogP contribution in [0.3, 0.4) is 0 Å². The minimum Gasteiger partial charge on any atom is -0.324 e. The highest BCUT2D eigenvalue weighted by molar-refractivity contribution is 6.31. The minimum absolute atomic E-state index is 0.0851. The third-order valence-corrected chi connectivity index (χ3v) is 2.29. The summed E-state index contributed by atoms with van der Waals surface area (Å²) in [5.74, 6) is -0.322. The van der Waals surface area contributed by atoms with Gasteiger partial charge in [0.05, 0.1) is 0 Å². The molecule has 1 rings (SSSR count). The van der Waals surface area contributed by atoms with E-state index in [9.17, 15) is 4.39 Å². The topological polar surface area (TPSA) is 26.0 Å². The van der Waals surface area contributed by atoms with E-state index in [-0.39, 0.29) is 11.9 Å². The fourth-order valence-corrected chi connectivity index (χ4v) is 1.58. The second-order valence-corrected chi connectivity index (χ2v) is 3.47. The average molecular weight is 202 g/mol. The number of rotatable bonds is 3. The SMILES string of the molecule is CCCC(N)c1ccc(F)cc1Cl. The van der Waals surface area contributed by atoms with Gasteiger partial charge in [0.25, 0.3) is 0 Å². The third kappa shape index (κ3) is 2.68. The Morgan fingerprint density at radius 1 is 1.54 bits per heavy atom. The summed E-state index contributed by atoms with van der Waals surface area (Å²) >= 11 is 5.84. The van der Waals surface area contributed by atoms with E-state index in [2.05, 4.69) is 6.92 Å². The van der Waals surface area contributed by atoms with E-state index in [0.29, 0.717) is 5.02 Å². The number of hydrogen-bond donors (Lipinski definition) is 1. The van der Waals surface area contributed by atoms with Crippen molar-refractivity contribution >= 4 is 11.6 Å². The van der Waals surface area contributed by atoms with Crippen LogP contribution < -0.4 is 5.73 Å². The van der Waals surface area contributed by atoms with Crippen LogP contribution in [0, 0.1) is 5.82 Å². The molecule has 1 aromatic rings. The Bertz CT molecular complexity index is 288. The molecule has 0 fully saturated rings. The Morgan fingerprint density at radius 2 is 2.23 bits per heavy atom. The van der Waals surface area contributed by atoms with Gasteiger partial charge in [-0.05, 0) is 24.1 Å². The third-order valence-electron chi connectivity index (χ3n) is 1.96. The lowest BCUT2D eigenvalue weighted by Crippen LogP contribution is -2.10. The number of benzene rings is 1. The standard InChI is InChI=1S/C10H13ClFN/c1-2-3-10(13)8-5-4-7(12)6-9(8)11/h4-6,10H,2-3,13H2,1H3. The number of halogens is 2. The summed E-state index contributed by atoms with van der Waals surface area (Å²) in [5, 5.41) is 0.418. The molecule has 0 radical (unpaired) electrons. The fourth-order valence-electron chi connectivity index (χ4n) is 1.27. The lowest BCUT2D eigenvalue weighted by Gasteiger charge is -2.12. The second kappa shape index (κ2) is 4.58. The van der Waals surface area contributed by atoms with Crippen molar-refractivity contribution in [2.45, 2.75) is 25.8 Å². The highest BCUT2D eigenvalue weighted by Gasteiger charge is 2.09. The molecule has 0 amide bonds. The zero-order valence-electron chi connectivity index (χ0n) is 7.56. The van der Waals surface area contributed by atoms with Crippen LogP contribution in [0.2, 0.25) is 5.02 Å². The summed E-state index contributed by atoms with van der Waals surface area (Å²) in [5.41, 5.74) is 6.67. The highest BCUT2D eigenvalue weighted by Crippen LogP contribution is 2.24. The summed E-state index contributed by atoms with van der Waals surface area (Å²) in [6.45, 7) is 2.05. The Balaban J connectivity index is 2.88. The molecule has 0 saturated carbocycles. The molecule has 1 nitrogen and oxygen atoms in total. The van der Waals surface area contributed by atoms with Crippen molar-refractivity contribution < 1.29 is 4.39 Å². The van der Waals surface area contributed by atoms with Gasteiger partial charge in [-0.1, -0.05) is 31.0 Å². The number of nitrogens with two attached hydrogens (primary N) is 1. The maximum Gasteiger partial charge on any atom is 0.124 e. The van der Waals surface area contributed by atoms with Gasteiger partial charge in [-0.15, -0.1) is 0 Å². The van der Waals surface area contributed by atoms with E-state index in [1.54, 1.807) is 6.07 Å². The highest BCUT2D eigenvalue weighted by atomic mass is 35.5. The number of hydrogen-bond acceptors (Lipinski definition) is 1. The largest absolute Gasteiger partial charge is 0.324 e. The molecule has 1 atom stereocenters. The normalized spacial score (nSPS) is 12.9. The van der Waals surface area contributed by atoms with Gasteiger partial charge in [0.2, 0.25) is 0 Å². The van der Waals surface area contributed by atoms with Crippen molar-refractivity contribution in [3.63, 3.8) is 0 Å². The molecule has 72 valence electrons. The summed E-state index contributed by atoms with van der Waals surface area (Å²) < 4.78 is 12.7. The molecule has 0 aliphatic carbocycles. The van der Waals surface area contributed by atoms with E-state index < -0.39 is 0 Å².